The van der Waals surface area contributed by atoms with E-state index in [9.17, 15) is 9.90 Å². The van der Waals surface area contributed by atoms with Crippen molar-refractivity contribution in [2.45, 2.75) is 45.3 Å². The van der Waals surface area contributed by atoms with Crippen LogP contribution in [-0.2, 0) is 6.54 Å². The number of nitrogen functional groups attached to an aromatic ring is 1. The highest BCUT2D eigenvalue weighted by Crippen LogP contribution is 2.36. The van der Waals surface area contributed by atoms with E-state index < -0.39 is 0 Å². The molecule has 0 aliphatic heterocycles. The van der Waals surface area contributed by atoms with Crippen molar-refractivity contribution in [2.24, 2.45) is 0 Å². The third-order valence-electron chi connectivity index (χ3n) is 4.28. The SMILES string of the molecule is Cc1cc(C)n(CCNc2cc(C3CC(O)C3)nc(N)n2)c(=O)n1. The van der Waals surface area contributed by atoms with E-state index in [2.05, 4.69) is 20.3 Å². The lowest BCUT2D eigenvalue weighted by Crippen LogP contribution is -2.29. The number of nitrogens with one attached hydrogen (secondary N) is 1. The Labute approximate surface area is 139 Å². The van der Waals surface area contributed by atoms with Crippen LogP contribution in [0.1, 0.15) is 35.8 Å². The third kappa shape index (κ3) is 3.53. The van der Waals surface area contributed by atoms with Gasteiger partial charge in [-0.25, -0.2) is 9.78 Å². The van der Waals surface area contributed by atoms with Gasteiger partial charge in [-0.1, -0.05) is 0 Å². The maximum Gasteiger partial charge on any atom is 0.348 e. The molecular weight excluding hydrogens is 308 g/mol. The fourth-order valence-electron chi connectivity index (χ4n) is 2.96. The van der Waals surface area contributed by atoms with Crippen molar-refractivity contribution in [3.8, 4) is 0 Å². The zero-order valence-electron chi connectivity index (χ0n) is 13.9. The number of aliphatic hydroxyl groups is 1. The van der Waals surface area contributed by atoms with Crippen LogP contribution < -0.4 is 16.7 Å². The molecule has 24 heavy (non-hydrogen) atoms. The summed E-state index contributed by atoms with van der Waals surface area (Å²) in [7, 11) is 0. The van der Waals surface area contributed by atoms with Gasteiger partial charge in [-0.05, 0) is 32.8 Å². The maximum absolute atomic E-state index is 11.9. The van der Waals surface area contributed by atoms with Crippen molar-refractivity contribution in [3.05, 3.63) is 39.7 Å². The Hall–Kier alpha value is -2.48. The molecule has 0 atom stereocenters. The Morgan fingerprint density at radius 1 is 1.29 bits per heavy atom. The van der Waals surface area contributed by atoms with E-state index in [1.807, 2.05) is 19.1 Å². The molecular formula is C16H22N6O2. The second-order valence-electron chi connectivity index (χ2n) is 6.26. The molecule has 2 aromatic heterocycles. The Morgan fingerprint density at radius 2 is 2.04 bits per heavy atom. The average molecular weight is 330 g/mol. The first-order chi connectivity index (χ1) is 11.4. The maximum atomic E-state index is 11.9. The molecule has 0 bridgehead atoms. The van der Waals surface area contributed by atoms with Gasteiger partial charge in [0.15, 0.2) is 0 Å². The first-order valence-corrected chi connectivity index (χ1v) is 8.04. The van der Waals surface area contributed by atoms with Gasteiger partial charge >= 0.3 is 5.69 Å². The van der Waals surface area contributed by atoms with E-state index in [1.165, 1.54) is 0 Å². The molecule has 128 valence electrons. The first kappa shape index (κ1) is 16.4. The molecule has 8 heteroatoms. The summed E-state index contributed by atoms with van der Waals surface area (Å²) >= 11 is 0. The van der Waals surface area contributed by atoms with Crippen LogP contribution in [-0.4, -0.2) is 37.3 Å². The van der Waals surface area contributed by atoms with Gasteiger partial charge in [-0.3, -0.25) is 4.57 Å². The molecule has 2 heterocycles. The fourth-order valence-corrected chi connectivity index (χ4v) is 2.96. The summed E-state index contributed by atoms with van der Waals surface area (Å²) < 4.78 is 1.62. The van der Waals surface area contributed by atoms with Crippen molar-refractivity contribution in [1.82, 2.24) is 19.5 Å². The van der Waals surface area contributed by atoms with E-state index >= 15 is 0 Å². The second-order valence-corrected chi connectivity index (χ2v) is 6.26. The van der Waals surface area contributed by atoms with Crippen molar-refractivity contribution in [3.63, 3.8) is 0 Å². The number of hydrogen-bond acceptors (Lipinski definition) is 7. The van der Waals surface area contributed by atoms with E-state index in [0.29, 0.717) is 31.7 Å². The molecule has 8 nitrogen and oxygen atoms in total. The molecule has 1 aliphatic rings. The Morgan fingerprint density at radius 3 is 2.71 bits per heavy atom. The van der Waals surface area contributed by atoms with Crippen LogP contribution in [0.4, 0.5) is 11.8 Å². The Balaban J connectivity index is 1.66. The van der Waals surface area contributed by atoms with Gasteiger partial charge in [-0.2, -0.15) is 9.97 Å². The molecule has 0 unspecified atom stereocenters. The van der Waals surface area contributed by atoms with Gasteiger partial charge in [0.05, 0.1) is 11.8 Å². The highest BCUT2D eigenvalue weighted by Gasteiger charge is 2.30. The van der Waals surface area contributed by atoms with E-state index in [0.717, 1.165) is 17.1 Å². The number of aryl methyl sites for hydroxylation is 2. The smallest absolute Gasteiger partial charge is 0.348 e. The summed E-state index contributed by atoms with van der Waals surface area (Å²) in [5.74, 6) is 1.07. The minimum absolute atomic E-state index is 0.210. The van der Waals surface area contributed by atoms with Crippen molar-refractivity contribution in [2.75, 3.05) is 17.6 Å². The van der Waals surface area contributed by atoms with E-state index in [4.69, 9.17) is 5.73 Å². The lowest BCUT2D eigenvalue weighted by Gasteiger charge is -2.30. The van der Waals surface area contributed by atoms with Crippen LogP contribution >= 0.6 is 0 Å². The standard InChI is InChI=1S/C16H22N6O2/c1-9-5-10(2)22(16(24)19-9)4-3-18-14-8-13(20-15(17)21-14)11-6-12(23)7-11/h5,8,11-12,23H,3-4,6-7H2,1-2H3,(H3,17,18,20,21). The lowest BCUT2D eigenvalue weighted by molar-refractivity contribution is 0.0732. The number of aromatic nitrogens is 4. The second kappa shape index (κ2) is 6.56. The highest BCUT2D eigenvalue weighted by molar-refractivity contribution is 5.41. The minimum Gasteiger partial charge on any atom is -0.393 e. The zero-order chi connectivity index (χ0) is 17.3. The van der Waals surface area contributed by atoms with Gasteiger partial charge in [0.2, 0.25) is 5.95 Å². The largest absolute Gasteiger partial charge is 0.393 e. The molecule has 4 N–H and O–H groups in total. The number of rotatable bonds is 5. The van der Waals surface area contributed by atoms with Crippen molar-refractivity contribution >= 4 is 11.8 Å². The molecule has 2 aromatic rings. The fraction of sp³-hybridized carbons (Fsp3) is 0.500. The topological polar surface area (TPSA) is 119 Å². The molecule has 0 saturated heterocycles. The molecule has 1 aliphatic carbocycles. The zero-order valence-corrected chi connectivity index (χ0v) is 13.9. The summed E-state index contributed by atoms with van der Waals surface area (Å²) in [6, 6.07) is 3.74. The minimum atomic E-state index is -0.249. The Kier molecular flexibility index (Phi) is 4.48. The molecule has 0 amide bonds. The monoisotopic (exact) mass is 330 g/mol. The van der Waals surface area contributed by atoms with Gasteiger partial charge < -0.3 is 16.2 Å². The van der Waals surface area contributed by atoms with Gasteiger partial charge in [0, 0.05) is 36.5 Å². The van der Waals surface area contributed by atoms with E-state index in [1.54, 1.807) is 11.5 Å². The summed E-state index contributed by atoms with van der Waals surface area (Å²) in [6.45, 7) is 4.70. The first-order valence-electron chi connectivity index (χ1n) is 8.04. The molecule has 0 aromatic carbocycles. The van der Waals surface area contributed by atoms with Crippen LogP contribution in [0.5, 0.6) is 0 Å². The average Bonchev–Trinajstić information content (AvgIpc) is 2.46. The van der Waals surface area contributed by atoms with Crippen molar-refractivity contribution < 1.29 is 5.11 Å². The lowest BCUT2D eigenvalue weighted by atomic mass is 9.80. The van der Waals surface area contributed by atoms with E-state index in [-0.39, 0.29) is 23.7 Å². The molecule has 1 saturated carbocycles. The molecule has 0 radical (unpaired) electrons. The van der Waals surface area contributed by atoms with Gasteiger partial charge in [-0.15, -0.1) is 0 Å². The number of nitrogens with zero attached hydrogens (tertiary/aromatic N) is 4. The summed E-state index contributed by atoms with van der Waals surface area (Å²) in [4.78, 5) is 24.3. The molecule has 3 rings (SSSR count). The van der Waals surface area contributed by atoms with Gasteiger partial charge in [0.25, 0.3) is 0 Å². The van der Waals surface area contributed by atoms with Crippen LogP contribution in [0.2, 0.25) is 0 Å². The number of hydrogen-bond donors (Lipinski definition) is 3. The predicted molar refractivity (Wildman–Crippen MR) is 90.9 cm³/mol. The normalized spacial score (nSPS) is 19.8. The Bertz CT molecular complexity index is 798. The summed E-state index contributed by atoms with van der Waals surface area (Å²) in [5.41, 5.74) is 7.96. The highest BCUT2D eigenvalue weighted by atomic mass is 16.3. The number of nitrogens with two attached hydrogens (primary N) is 1. The third-order valence-corrected chi connectivity index (χ3v) is 4.28. The quantitative estimate of drug-likeness (QED) is 0.733. The summed E-state index contributed by atoms with van der Waals surface area (Å²) in [5, 5.41) is 12.6. The van der Waals surface area contributed by atoms with Crippen LogP contribution in [0.3, 0.4) is 0 Å². The van der Waals surface area contributed by atoms with Crippen LogP contribution in [0.25, 0.3) is 0 Å². The molecule has 1 fully saturated rings. The number of aliphatic hydroxyl groups excluding tert-OH is 1. The molecule has 0 spiro atoms. The van der Waals surface area contributed by atoms with Crippen LogP contribution in [0.15, 0.2) is 16.9 Å². The van der Waals surface area contributed by atoms with Gasteiger partial charge in [0.1, 0.15) is 5.82 Å². The van der Waals surface area contributed by atoms with Crippen molar-refractivity contribution in [1.29, 1.82) is 0 Å². The number of anilines is 2. The summed E-state index contributed by atoms with van der Waals surface area (Å²) in [6.07, 6.45) is 1.17. The predicted octanol–water partition coefficient (Wildman–Crippen LogP) is 0.583. The van der Waals surface area contributed by atoms with Crippen LogP contribution in [0, 0.1) is 13.8 Å².